The molecule has 0 aliphatic rings. The second-order valence-corrected chi connectivity index (χ2v) is 3.01. The minimum atomic E-state index is -2.59. The van der Waals surface area contributed by atoms with Crippen LogP contribution in [0.4, 0.5) is 0 Å². The van der Waals surface area contributed by atoms with Crippen LogP contribution in [0.25, 0.3) is 0 Å². The summed E-state index contributed by atoms with van der Waals surface area (Å²) in [5, 5.41) is 12.0. The van der Waals surface area contributed by atoms with Crippen molar-refractivity contribution in [3.63, 3.8) is 0 Å². The minimum absolute atomic E-state index is 0. The molecule has 2 atom stereocenters. The molecule has 9 heavy (non-hydrogen) atoms. The molecular formula is H5NaO6S2. The SMILES string of the molecule is O=S(O)S(=O)O.OO.[H-].[Na+]. The Kier molecular flexibility index (Phi) is 21.9. The van der Waals surface area contributed by atoms with Gasteiger partial charge in [0.15, 0.2) is 0 Å². The molecule has 6 nitrogen and oxygen atoms in total. The molecule has 0 amide bonds. The van der Waals surface area contributed by atoms with Crippen molar-refractivity contribution < 1.29 is 59.0 Å². The Morgan fingerprint density at radius 1 is 1.00 bits per heavy atom. The number of hydrogen-bond donors (Lipinski definition) is 4. The van der Waals surface area contributed by atoms with Gasteiger partial charge in [-0.1, -0.05) is 0 Å². The van der Waals surface area contributed by atoms with Crippen LogP contribution >= 0.6 is 0 Å². The summed E-state index contributed by atoms with van der Waals surface area (Å²) in [5.41, 5.74) is 0. The monoisotopic (exact) mass is 188 g/mol. The van der Waals surface area contributed by atoms with E-state index in [0.717, 1.165) is 0 Å². The smallest absolute Gasteiger partial charge is 1.00 e. The molecule has 0 aromatic rings. The zero-order valence-corrected chi connectivity index (χ0v) is 8.05. The molecule has 0 bridgehead atoms. The summed E-state index contributed by atoms with van der Waals surface area (Å²) in [7, 11) is -5.18. The van der Waals surface area contributed by atoms with E-state index in [1.807, 2.05) is 0 Å². The molecule has 0 saturated carbocycles. The summed E-state index contributed by atoms with van der Waals surface area (Å²) in [4.78, 5) is 0. The molecule has 0 aliphatic carbocycles. The Bertz CT molecular complexity index is 81.7. The van der Waals surface area contributed by atoms with Crippen molar-refractivity contribution >= 4 is 20.2 Å². The molecule has 9 heteroatoms. The van der Waals surface area contributed by atoms with Crippen molar-refractivity contribution in [3.05, 3.63) is 0 Å². The summed E-state index contributed by atoms with van der Waals surface area (Å²) in [6, 6.07) is 0. The summed E-state index contributed by atoms with van der Waals surface area (Å²) >= 11 is 0. The van der Waals surface area contributed by atoms with Crippen LogP contribution in [0.5, 0.6) is 0 Å². The van der Waals surface area contributed by atoms with E-state index in [-0.39, 0.29) is 31.0 Å². The van der Waals surface area contributed by atoms with E-state index in [4.69, 9.17) is 19.6 Å². The third-order valence-corrected chi connectivity index (χ3v) is 1.10. The van der Waals surface area contributed by atoms with Crippen LogP contribution in [0.1, 0.15) is 1.43 Å². The first-order chi connectivity index (χ1) is 3.64. The van der Waals surface area contributed by atoms with Crippen molar-refractivity contribution in [2.24, 2.45) is 0 Å². The van der Waals surface area contributed by atoms with E-state index in [0.29, 0.717) is 0 Å². The van der Waals surface area contributed by atoms with Gasteiger partial charge in [-0.2, -0.15) is 0 Å². The average molecular weight is 188 g/mol. The van der Waals surface area contributed by atoms with E-state index in [9.17, 15) is 8.42 Å². The molecule has 0 saturated heterocycles. The molecule has 4 N–H and O–H groups in total. The molecule has 0 aromatic heterocycles. The maximum atomic E-state index is 9.26. The first-order valence-corrected chi connectivity index (χ1v) is 3.80. The predicted molar refractivity (Wildman–Crippen MR) is 27.9 cm³/mol. The van der Waals surface area contributed by atoms with Gasteiger partial charge >= 0.3 is 29.6 Å². The van der Waals surface area contributed by atoms with Gasteiger partial charge in [-0.3, -0.25) is 19.6 Å². The van der Waals surface area contributed by atoms with E-state index < -0.39 is 20.2 Å². The van der Waals surface area contributed by atoms with Crippen LogP contribution in [-0.2, 0) is 20.2 Å². The van der Waals surface area contributed by atoms with Crippen molar-refractivity contribution in [3.8, 4) is 0 Å². The zero-order chi connectivity index (χ0) is 7.15. The molecule has 0 aliphatic heterocycles. The Balaban J connectivity index is -0.0000000412. The summed E-state index contributed by atoms with van der Waals surface area (Å²) < 4.78 is 33.6. The fourth-order valence-corrected chi connectivity index (χ4v) is 0. The fourth-order valence-electron chi connectivity index (χ4n) is 0. The van der Waals surface area contributed by atoms with Crippen LogP contribution in [0.2, 0.25) is 0 Å². The van der Waals surface area contributed by atoms with Crippen molar-refractivity contribution in [2.75, 3.05) is 0 Å². The first kappa shape index (κ1) is 16.6. The molecule has 2 unspecified atom stereocenters. The van der Waals surface area contributed by atoms with E-state index in [1.165, 1.54) is 0 Å². The topological polar surface area (TPSA) is 115 Å². The van der Waals surface area contributed by atoms with Crippen LogP contribution in [0.15, 0.2) is 0 Å². The summed E-state index contributed by atoms with van der Waals surface area (Å²) in [5.74, 6) is 0. The summed E-state index contributed by atoms with van der Waals surface area (Å²) in [6.45, 7) is 0. The van der Waals surface area contributed by atoms with Crippen LogP contribution in [0.3, 0.4) is 0 Å². The maximum Gasteiger partial charge on any atom is 1.00 e. The predicted octanol–water partition coefficient (Wildman–Crippen LogP) is -3.52. The Labute approximate surface area is 79.0 Å². The molecule has 54 valence electrons. The Morgan fingerprint density at radius 2 is 1.11 bits per heavy atom. The van der Waals surface area contributed by atoms with Crippen molar-refractivity contribution in [1.82, 2.24) is 0 Å². The van der Waals surface area contributed by atoms with Gasteiger partial charge in [0.25, 0.3) is 20.2 Å². The van der Waals surface area contributed by atoms with Gasteiger partial charge in [-0.25, -0.2) is 8.42 Å². The van der Waals surface area contributed by atoms with Gasteiger partial charge < -0.3 is 1.43 Å². The standard InChI is InChI=1S/Na.H2O4S2.H2O2.H/c;1-5(2)6(3)4;1-2;/h;(H,1,2)(H,3,4);1-2H;/q+1;;;-1. The number of rotatable bonds is 1. The van der Waals surface area contributed by atoms with Gasteiger partial charge in [-0.05, 0) is 0 Å². The average Bonchev–Trinajstić information content (AvgIpc) is 1.72. The summed E-state index contributed by atoms with van der Waals surface area (Å²) in [6.07, 6.45) is 0. The molecule has 0 rings (SSSR count). The third kappa shape index (κ3) is 17.6. The van der Waals surface area contributed by atoms with Gasteiger partial charge in [0.2, 0.25) is 0 Å². The fraction of sp³-hybridized carbons (Fsp3) is 0. The van der Waals surface area contributed by atoms with E-state index >= 15 is 0 Å². The van der Waals surface area contributed by atoms with E-state index in [2.05, 4.69) is 0 Å². The largest absolute Gasteiger partial charge is 1.00 e. The first-order valence-electron chi connectivity index (χ1n) is 1.07. The van der Waals surface area contributed by atoms with Crippen LogP contribution in [0, 0.1) is 0 Å². The van der Waals surface area contributed by atoms with Gasteiger partial charge in [0.05, 0.1) is 0 Å². The van der Waals surface area contributed by atoms with Crippen LogP contribution < -0.4 is 29.6 Å². The third-order valence-electron chi connectivity index (χ3n) is 0.122. The van der Waals surface area contributed by atoms with Crippen molar-refractivity contribution in [1.29, 1.82) is 0 Å². The second-order valence-electron chi connectivity index (χ2n) is 0.434. The van der Waals surface area contributed by atoms with E-state index in [1.54, 1.807) is 0 Å². The van der Waals surface area contributed by atoms with Gasteiger partial charge in [0.1, 0.15) is 0 Å². The Morgan fingerprint density at radius 3 is 1.11 bits per heavy atom. The zero-order valence-electron chi connectivity index (χ0n) is 5.42. The van der Waals surface area contributed by atoms with Gasteiger partial charge in [0, 0.05) is 0 Å². The second kappa shape index (κ2) is 11.9. The quantitative estimate of drug-likeness (QED) is 0.111. The molecule has 0 spiro atoms. The molecular weight excluding hydrogens is 183 g/mol. The molecule has 0 radical (unpaired) electrons. The maximum absolute atomic E-state index is 9.26. The normalized spacial score (nSPS) is 13.8. The Hall–Kier alpha value is 1.14. The molecule has 0 aromatic carbocycles. The molecule has 0 heterocycles. The molecule has 0 fully saturated rings. The van der Waals surface area contributed by atoms with Crippen molar-refractivity contribution in [2.45, 2.75) is 0 Å². The van der Waals surface area contributed by atoms with Gasteiger partial charge in [-0.15, -0.1) is 0 Å². The minimum Gasteiger partial charge on any atom is -1.00 e. The van der Waals surface area contributed by atoms with Crippen LogP contribution in [-0.4, -0.2) is 28.0 Å². The number of hydrogen-bond acceptors (Lipinski definition) is 4.